The molecule has 0 aromatic heterocycles. The van der Waals surface area contributed by atoms with Crippen molar-refractivity contribution in [2.75, 3.05) is 0 Å². The monoisotopic (exact) mass is 456 g/mol. The first-order valence-electron chi connectivity index (χ1n) is 13.8. The van der Waals surface area contributed by atoms with Crippen LogP contribution in [0.5, 0.6) is 0 Å². The Morgan fingerprint density at radius 2 is 1.42 bits per heavy atom. The van der Waals surface area contributed by atoms with Crippen molar-refractivity contribution in [1.82, 2.24) is 0 Å². The number of carbonyl (C=O) groups is 1. The lowest BCUT2D eigenvalue weighted by atomic mass is 9.34. The Labute approximate surface area is 201 Å². The van der Waals surface area contributed by atoms with Gasteiger partial charge in [0.15, 0.2) is 0 Å². The quantitative estimate of drug-likeness (QED) is 0.409. The summed E-state index contributed by atoms with van der Waals surface area (Å²) in [6, 6.07) is 0. The average molecular weight is 457 g/mol. The molecule has 4 saturated carbocycles. The standard InChI is InChI=1S/C30H48O3/c1-25(2)16-17-30(24(32)33)15-10-21-28(6)12-8-19-26(3,4)23(31)11-14-27(19,5)20(28)9-13-29(21,7)22(30)18-25/h10,19-20,22-23,31H,8-9,11-18H2,1-7H3,(H,32,33). The SMILES string of the molecule is CC1(C)CCC2(C(=O)O)CC=C3C(C)(CCC4C3(C)CCC3C(C)(C)C(O)CCC43C)C2C1. The fraction of sp³-hybridized carbons (Fsp3) is 0.900. The Balaban J connectivity index is 1.59. The lowest BCUT2D eigenvalue weighted by Crippen LogP contribution is -2.64. The molecule has 33 heavy (non-hydrogen) atoms. The summed E-state index contributed by atoms with van der Waals surface area (Å²) in [6.07, 6.45) is 12.6. The molecular weight excluding hydrogens is 408 g/mol. The van der Waals surface area contributed by atoms with E-state index in [-0.39, 0.29) is 39.1 Å². The van der Waals surface area contributed by atoms with Gasteiger partial charge in [-0.3, -0.25) is 4.79 Å². The van der Waals surface area contributed by atoms with Crippen LogP contribution in [0.25, 0.3) is 0 Å². The van der Waals surface area contributed by atoms with E-state index in [1.165, 1.54) is 19.3 Å². The molecule has 3 nitrogen and oxygen atoms in total. The molecule has 0 aliphatic heterocycles. The predicted octanol–water partition coefficient (Wildman–Crippen LogP) is 7.23. The molecule has 0 aromatic carbocycles. The maximum atomic E-state index is 12.8. The highest BCUT2D eigenvalue weighted by molar-refractivity contribution is 5.76. The molecule has 0 aromatic rings. The largest absolute Gasteiger partial charge is 0.481 e. The molecule has 5 rings (SSSR count). The molecule has 4 fully saturated rings. The van der Waals surface area contributed by atoms with Gasteiger partial charge in [0.2, 0.25) is 0 Å². The number of hydrogen-bond acceptors (Lipinski definition) is 2. The molecule has 8 atom stereocenters. The summed E-state index contributed by atoms with van der Waals surface area (Å²) in [5.74, 6) is 0.875. The van der Waals surface area contributed by atoms with Crippen LogP contribution in [0.1, 0.15) is 113 Å². The number of carboxylic acids is 1. The van der Waals surface area contributed by atoms with E-state index in [1.54, 1.807) is 5.57 Å². The van der Waals surface area contributed by atoms with Crippen LogP contribution >= 0.6 is 0 Å². The highest BCUT2D eigenvalue weighted by Crippen LogP contribution is 2.75. The molecule has 186 valence electrons. The average Bonchev–Trinajstić information content (AvgIpc) is 2.70. The lowest BCUT2D eigenvalue weighted by molar-refractivity contribution is -0.189. The molecule has 0 amide bonds. The highest BCUT2D eigenvalue weighted by atomic mass is 16.4. The Bertz CT molecular complexity index is 885. The van der Waals surface area contributed by atoms with E-state index in [4.69, 9.17) is 0 Å². The van der Waals surface area contributed by atoms with Gasteiger partial charge in [-0.25, -0.2) is 0 Å². The topological polar surface area (TPSA) is 57.5 Å². The third-order valence-corrected chi connectivity index (χ3v) is 12.7. The van der Waals surface area contributed by atoms with Crippen molar-refractivity contribution >= 4 is 5.97 Å². The van der Waals surface area contributed by atoms with Gasteiger partial charge in [-0.2, -0.15) is 0 Å². The number of fused-ring (bicyclic) bond motifs is 7. The van der Waals surface area contributed by atoms with Crippen LogP contribution < -0.4 is 0 Å². The van der Waals surface area contributed by atoms with Crippen molar-refractivity contribution < 1.29 is 15.0 Å². The van der Waals surface area contributed by atoms with Crippen LogP contribution in [0.3, 0.4) is 0 Å². The summed E-state index contributed by atoms with van der Waals surface area (Å²) >= 11 is 0. The molecular formula is C30H48O3. The van der Waals surface area contributed by atoms with E-state index < -0.39 is 11.4 Å². The fourth-order valence-electron chi connectivity index (χ4n) is 10.9. The van der Waals surface area contributed by atoms with Crippen molar-refractivity contribution in [3.05, 3.63) is 11.6 Å². The summed E-state index contributed by atoms with van der Waals surface area (Å²) in [4.78, 5) is 12.8. The van der Waals surface area contributed by atoms with Crippen molar-refractivity contribution in [2.45, 2.75) is 119 Å². The van der Waals surface area contributed by atoms with Crippen molar-refractivity contribution in [3.8, 4) is 0 Å². The lowest BCUT2D eigenvalue weighted by Gasteiger charge is -2.70. The zero-order valence-electron chi connectivity index (χ0n) is 22.3. The van der Waals surface area contributed by atoms with Gasteiger partial charge < -0.3 is 10.2 Å². The van der Waals surface area contributed by atoms with Crippen LogP contribution in [-0.4, -0.2) is 22.3 Å². The highest BCUT2D eigenvalue weighted by Gasteiger charge is 2.68. The Morgan fingerprint density at radius 3 is 2.06 bits per heavy atom. The fourth-order valence-corrected chi connectivity index (χ4v) is 10.9. The summed E-state index contributed by atoms with van der Waals surface area (Å²) in [5, 5.41) is 21.4. The molecule has 5 aliphatic carbocycles. The van der Waals surface area contributed by atoms with Gasteiger partial charge >= 0.3 is 5.97 Å². The molecule has 3 heteroatoms. The maximum Gasteiger partial charge on any atom is 0.310 e. The van der Waals surface area contributed by atoms with Gasteiger partial charge in [-0.1, -0.05) is 60.1 Å². The number of allylic oxidation sites excluding steroid dienone is 2. The number of aliphatic hydroxyl groups is 1. The number of aliphatic hydroxyl groups excluding tert-OH is 1. The second-order valence-corrected chi connectivity index (χ2v) is 15.1. The van der Waals surface area contributed by atoms with Gasteiger partial charge in [0.25, 0.3) is 0 Å². The van der Waals surface area contributed by atoms with Crippen LogP contribution in [-0.2, 0) is 4.79 Å². The van der Waals surface area contributed by atoms with E-state index in [1.807, 2.05) is 0 Å². The second-order valence-electron chi connectivity index (χ2n) is 15.1. The summed E-state index contributed by atoms with van der Waals surface area (Å²) < 4.78 is 0. The normalized spacial score (nSPS) is 52.4. The third kappa shape index (κ3) is 2.93. The zero-order valence-corrected chi connectivity index (χ0v) is 22.3. The van der Waals surface area contributed by atoms with Crippen LogP contribution in [0.4, 0.5) is 0 Å². The second kappa shape index (κ2) is 6.89. The minimum atomic E-state index is -0.574. The Morgan fingerprint density at radius 1 is 0.818 bits per heavy atom. The van der Waals surface area contributed by atoms with E-state index in [2.05, 4.69) is 54.5 Å². The number of hydrogen-bond donors (Lipinski definition) is 2. The van der Waals surface area contributed by atoms with E-state index in [0.29, 0.717) is 11.8 Å². The molecule has 0 radical (unpaired) electrons. The first-order chi connectivity index (χ1) is 15.1. The van der Waals surface area contributed by atoms with Crippen molar-refractivity contribution in [1.29, 1.82) is 0 Å². The van der Waals surface area contributed by atoms with Gasteiger partial charge in [-0.15, -0.1) is 0 Å². The Kier molecular flexibility index (Phi) is 4.99. The van der Waals surface area contributed by atoms with Gasteiger partial charge in [-0.05, 0) is 109 Å². The van der Waals surface area contributed by atoms with Crippen LogP contribution in [0, 0.1) is 50.2 Å². The smallest absolute Gasteiger partial charge is 0.310 e. The molecule has 0 heterocycles. The first kappa shape index (κ1) is 23.9. The van der Waals surface area contributed by atoms with Crippen LogP contribution in [0.15, 0.2) is 11.6 Å². The number of aliphatic carboxylic acids is 1. The third-order valence-electron chi connectivity index (χ3n) is 12.7. The summed E-state index contributed by atoms with van der Waals surface area (Å²) in [6.45, 7) is 16.9. The van der Waals surface area contributed by atoms with Crippen molar-refractivity contribution in [3.63, 3.8) is 0 Å². The van der Waals surface area contributed by atoms with Crippen LogP contribution in [0.2, 0.25) is 0 Å². The van der Waals surface area contributed by atoms with E-state index in [9.17, 15) is 15.0 Å². The number of carboxylic acid groups (broad SMARTS) is 1. The summed E-state index contributed by atoms with van der Waals surface area (Å²) in [7, 11) is 0. The maximum absolute atomic E-state index is 12.8. The van der Waals surface area contributed by atoms with Gasteiger partial charge in [0.1, 0.15) is 0 Å². The molecule has 5 aliphatic rings. The molecule has 8 unspecified atom stereocenters. The molecule has 0 bridgehead atoms. The molecule has 0 saturated heterocycles. The van der Waals surface area contributed by atoms with Crippen molar-refractivity contribution in [2.24, 2.45) is 50.2 Å². The summed E-state index contributed by atoms with van der Waals surface area (Å²) in [5.41, 5.74) is 1.64. The van der Waals surface area contributed by atoms with E-state index >= 15 is 0 Å². The minimum Gasteiger partial charge on any atom is -0.481 e. The van der Waals surface area contributed by atoms with Gasteiger partial charge in [0.05, 0.1) is 11.5 Å². The zero-order chi connectivity index (χ0) is 24.2. The molecule has 2 N–H and O–H groups in total. The Hall–Kier alpha value is -0.830. The van der Waals surface area contributed by atoms with E-state index in [0.717, 1.165) is 44.9 Å². The predicted molar refractivity (Wildman–Crippen MR) is 133 cm³/mol. The minimum absolute atomic E-state index is 0.00747. The van der Waals surface area contributed by atoms with Gasteiger partial charge in [0, 0.05) is 0 Å². The number of rotatable bonds is 1. The first-order valence-corrected chi connectivity index (χ1v) is 13.8. The molecule has 0 spiro atoms.